The van der Waals surface area contributed by atoms with Gasteiger partial charge in [-0.15, -0.1) is 0 Å². The summed E-state index contributed by atoms with van der Waals surface area (Å²) in [6.07, 6.45) is 2.86. The number of para-hydroxylation sites is 2. The van der Waals surface area contributed by atoms with Gasteiger partial charge < -0.3 is 10.0 Å². The number of nitrogens with zero attached hydrogens (tertiary/aromatic N) is 5. The fourth-order valence-electron chi connectivity index (χ4n) is 4.39. The average Bonchev–Trinajstić information content (AvgIpc) is 2.89. The van der Waals surface area contributed by atoms with Crippen LogP contribution in [0, 0.1) is 18.3 Å². The highest BCUT2D eigenvalue weighted by molar-refractivity contribution is 5.85. The number of pyridine rings is 1. The standard InChI is InChI=1S/C22H25N5O2/c1-15-12-20(26-10-5-6-16(9-11-26)25(2)14-21(28)29)27-19-8-4-3-7-18(19)24-22(27)17(15)13-23/h3-4,7-8,12,16H,5-6,9-11,14H2,1-2H3,(H,28,29). The highest BCUT2D eigenvalue weighted by atomic mass is 16.4. The Morgan fingerprint density at radius 1 is 1.34 bits per heavy atom. The van der Waals surface area contributed by atoms with Gasteiger partial charge in [0, 0.05) is 19.1 Å². The molecule has 1 fully saturated rings. The minimum atomic E-state index is -0.789. The van der Waals surface area contributed by atoms with Crippen LogP contribution in [0.2, 0.25) is 0 Å². The predicted octanol–water partition coefficient (Wildman–Crippen LogP) is 3.04. The largest absolute Gasteiger partial charge is 0.480 e. The number of benzene rings is 1. The summed E-state index contributed by atoms with van der Waals surface area (Å²) < 4.78 is 2.10. The maximum absolute atomic E-state index is 11.1. The molecule has 29 heavy (non-hydrogen) atoms. The van der Waals surface area contributed by atoms with E-state index in [2.05, 4.69) is 21.4 Å². The second kappa shape index (κ2) is 7.72. The zero-order chi connectivity index (χ0) is 20.5. The molecule has 1 N–H and O–H groups in total. The lowest BCUT2D eigenvalue weighted by molar-refractivity contribution is -0.138. The van der Waals surface area contributed by atoms with Crippen molar-refractivity contribution in [1.29, 1.82) is 5.26 Å². The minimum Gasteiger partial charge on any atom is -0.480 e. The van der Waals surface area contributed by atoms with Gasteiger partial charge in [0.25, 0.3) is 0 Å². The molecule has 0 bridgehead atoms. The van der Waals surface area contributed by atoms with Crippen molar-refractivity contribution in [3.05, 3.63) is 41.5 Å². The van der Waals surface area contributed by atoms with Crippen molar-refractivity contribution in [3.63, 3.8) is 0 Å². The SMILES string of the molecule is Cc1cc(N2CCCC(N(C)CC(=O)O)CC2)n2c(nc3ccccc32)c1C#N. The van der Waals surface area contributed by atoms with Crippen LogP contribution in [0.1, 0.15) is 30.4 Å². The van der Waals surface area contributed by atoms with Crippen LogP contribution in [0.3, 0.4) is 0 Å². The number of likely N-dealkylation sites (N-methyl/N-ethyl adjacent to an activating group) is 1. The van der Waals surface area contributed by atoms with Crippen molar-refractivity contribution in [3.8, 4) is 6.07 Å². The molecule has 1 atom stereocenters. The molecular weight excluding hydrogens is 366 g/mol. The van der Waals surface area contributed by atoms with E-state index in [-0.39, 0.29) is 12.6 Å². The molecule has 1 aromatic carbocycles. The average molecular weight is 391 g/mol. The van der Waals surface area contributed by atoms with E-state index in [4.69, 9.17) is 10.1 Å². The first-order valence-corrected chi connectivity index (χ1v) is 9.97. The number of carboxylic acid groups (broad SMARTS) is 1. The number of aromatic nitrogens is 2. The van der Waals surface area contributed by atoms with Crippen LogP contribution in [-0.4, -0.2) is 58.1 Å². The first kappa shape index (κ1) is 19.2. The molecule has 4 rings (SSSR count). The molecule has 0 saturated carbocycles. The van der Waals surface area contributed by atoms with Crippen molar-refractivity contribution in [1.82, 2.24) is 14.3 Å². The van der Waals surface area contributed by atoms with E-state index in [9.17, 15) is 10.1 Å². The van der Waals surface area contributed by atoms with Gasteiger partial charge in [-0.05, 0) is 57.0 Å². The van der Waals surface area contributed by atoms with Crippen LogP contribution in [0.15, 0.2) is 30.3 Å². The summed E-state index contributed by atoms with van der Waals surface area (Å²) in [4.78, 5) is 20.1. The van der Waals surface area contributed by atoms with Gasteiger partial charge >= 0.3 is 5.97 Å². The fraction of sp³-hybridized carbons (Fsp3) is 0.409. The van der Waals surface area contributed by atoms with Gasteiger partial charge in [0.15, 0.2) is 5.65 Å². The Morgan fingerprint density at radius 2 is 2.14 bits per heavy atom. The smallest absolute Gasteiger partial charge is 0.317 e. The molecule has 1 aliphatic heterocycles. The number of carboxylic acids is 1. The Balaban J connectivity index is 1.74. The first-order chi connectivity index (χ1) is 14.0. The summed E-state index contributed by atoms with van der Waals surface area (Å²) >= 11 is 0. The lowest BCUT2D eigenvalue weighted by atomic mass is 10.1. The first-order valence-electron chi connectivity index (χ1n) is 9.97. The molecule has 1 aliphatic rings. The predicted molar refractivity (Wildman–Crippen MR) is 112 cm³/mol. The number of nitriles is 1. The molecule has 3 aromatic rings. The van der Waals surface area contributed by atoms with E-state index in [1.54, 1.807) is 0 Å². The number of fused-ring (bicyclic) bond motifs is 3. The molecule has 0 spiro atoms. The number of hydrogen-bond donors (Lipinski definition) is 1. The van der Waals surface area contributed by atoms with Crippen LogP contribution >= 0.6 is 0 Å². The van der Waals surface area contributed by atoms with E-state index in [0.717, 1.165) is 54.8 Å². The van der Waals surface area contributed by atoms with Gasteiger partial charge in [0.1, 0.15) is 11.9 Å². The third-order valence-corrected chi connectivity index (χ3v) is 5.89. The van der Waals surface area contributed by atoms with Crippen molar-refractivity contribution in [2.75, 3.05) is 31.6 Å². The Hall–Kier alpha value is -3.11. The Labute approximate surface area is 169 Å². The highest BCUT2D eigenvalue weighted by Crippen LogP contribution is 2.30. The zero-order valence-corrected chi connectivity index (χ0v) is 16.8. The number of anilines is 1. The second-order valence-corrected chi connectivity index (χ2v) is 7.81. The molecule has 0 radical (unpaired) electrons. The maximum Gasteiger partial charge on any atom is 0.317 e. The summed E-state index contributed by atoms with van der Waals surface area (Å²) in [6, 6.07) is 12.6. The monoisotopic (exact) mass is 391 g/mol. The lowest BCUT2D eigenvalue weighted by Gasteiger charge is -2.27. The van der Waals surface area contributed by atoms with E-state index >= 15 is 0 Å². The van der Waals surface area contributed by atoms with Gasteiger partial charge in [0.05, 0.1) is 23.1 Å². The van der Waals surface area contributed by atoms with Gasteiger partial charge in [-0.1, -0.05) is 12.1 Å². The third-order valence-electron chi connectivity index (χ3n) is 5.89. The van der Waals surface area contributed by atoms with E-state index in [1.165, 1.54) is 0 Å². The quantitative estimate of drug-likeness (QED) is 0.736. The normalized spacial score (nSPS) is 17.6. The number of rotatable bonds is 4. The second-order valence-electron chi connectivity index (χ2n) is 7.81. The van der Waals surface area contributed by atoms with Crippen LogP contribution in [0.4, 0.5) is 5.82 Å². The summed E-state index contributed by atoms with van der Waals surface area (Å²) in [5.41, 5.74) is 4.11. The minimum absolute atomic E-state index is 0.0665. The summed E-state index contributed by atoms with van der Waals surface area (Å²) in [5, 5.41) is 18.8. The molecule has 7 heteroatoms. The number of aryl methyl sites for hydroxylation is 1. The number of carbonyl (C=O) groups is 1. The molecule has 2 aromatic heterocycles. The Bertz CT molecular complexity index is 1110. The van der Waals surface area contributed by atoms with E-state index in [1.807, 2.05) is 43.1 Å². The van der Waals surface area contributed by atoms with Crippen LogP contribution in [0.5, 0.6) is 0 Å². The lowest BCUT2D eigenvalue weighted by Crippen LogP contribution is -2.36. The Kier molecular flexibility index (Phi) is 5.12. The van der Waals surface area contributed by atoms with Gasteiger partial charge in [-0.25, -0.2) is 4.98 Å². The van der Waals surface area contributed by atoms with Crippen LogP contribution in [-0.2, 0) is 4.79 Å². The topological polar surface area (TPSA) is 84.9 Å². The number of hydrogen-bond acceptors (Lipinski definition) is 5. The maximum atomic E-state index is 11.1. The molecular formula is C22H25N5O2. The van der Waals surface area contributed by atoms with E-state index < -0.39 is 5.97 Å². The van der Waals surface area contributed by atoms with Crippen molar-refractivity contribution in [2.45, 2.75) is 32.2 Å². The zero-order valence-electron chi connectivity index (χ0n) is 16.8. The molecule has 150 valence electrons. The summed E-state index contributed by atoms with van der Waals surface area (Å²) in [7, 11) is 1.89. The molecule has 3 heterocycles. The van der Waals surface area contributed by atoms with Crippen molar-refractivity contribution < 1.29 is 9.90 Å². The Morgan fingerprint density at radius 3 is 2.90 bits per heavy atom. The number of aliphatic carboxylic acids is 1. The van der Waals surface area contributed by atoms with Crippen LogP contribution in [0.25, 0.3) is 16.7 Å². The third kappa shape index (κ3) is 3.52. The fourth-order valence-corrected chi connectivity index (χ4v) is 4.39. The van der Waals surface area contributed by atoms with Gasteiger partial charge in [0.2, 0.25) is 0 Å². The van der Waals surface area contributed by atoms with E-state index in [0.29, 0.717) is 11.2 Å². The number of imidazole rings is 1. The van der Waals surface area contributed by atoms with Gasteiger partial charge in [-0.2, -0.15) is 5.26 Å². The molecule has 0 amide bonds. The van der Waals surface area contributed by atoms with Crippen molar-refractivity contribution >= 4 is 28.5 Å². The molecule has 0 aliphatic carbocycles. The molecule has 7 nitrogen and oxygen atoms in total. The van der Waals surface area contributed by atoms with Crippen LogP contribution < -0.4 is 4.90 Å². The summed E-state index contributed by atoms with van der Waals surface area (Å²) in [5.74, 6) is 0.259. The highest BCUT2D eigenvalue weighted by Gasteiger charge is 2.24. The molecule has 1 unspecified atom stereocenters. The molecule has 1 saturated heterocycles. The van der Waals surface area contributed by atoms with Crippen molar-refractivity contribution in [2.24, 2.45) is 0 Å². The van der Waals surface area contributed by atoms with Gasteiger partial charge in [-0.3, -0.25) is 14.1 Å². The summed E-state index contributed by atoms with van der Waals surface area (Å²) in [6.45, 7) is 3.76.